The molecule has 1 fully saturated rings. The number of nitrogens with one attached hydrogen (secondary N) is 1. The molecule has 3 atom stereocenters. The van der Waals surface area contributed by atoms with Gasteiger partial charge in [-0.1, -0.05) is 12.1 Å². The maximum Gasteiger partial charge on any atom is 0.433 e. The summed E-state index contributed by atoms with van der Waals surface area (Å²) in [5.74, 6) is -1.18. The number of carbonyl (C=O) groups excluding carboxylic acids is 2. The van der Waals surface area contributed by atoms with Crippen molar-refractivity contribution in [3.8, 4) is 5.88 Å². The number of H-pyrrole nitrogens is 1. The van der Waals surface area contributed by atoms with E-state index in [1.807, 2.05) is 23.5 Å². The molecule has 12 heteroatoms. The van der Waals surface area contributed by atoms with Crippen molar-refractivity contribution in [2.75, 3.05) is 12.9 Å². The van der Waals surface area contributed by atoms with E-state index in [2.05, 4.69) is 5.10 Å². The second-order valence-electron chi connectivity index (χ2n) is 8.04. The average Bonchev–Trinajstić information content (AvgIpc) is 3.16. The van der Waals surface area contributed by atoms with Crippen molar-refractivity contribution < 1.29 is 41.7 Å². The summed E-state index contributed by atoms with van der Waals surface area (Å²) in [5, 5.41) is 5.82. The van der Waals surface area contributed by atoms with Gasteiger partial charge in [-0.05, 0) is 24.0 Å². The molecule has 2 aromatic rings. The van der Waals surface area contributed by atoms with Crippen molar-refractivity contribution >= 4 is 23.7 Å². The van der Waals surface area contributed by atoms with Gasteiger partial charge in [0.25, 0.3) is 0 Å². The van der Waals surface area contributed by atoms with Crippen LogP contribution in [0.15, 0.2) is 29.2 Å². The first-order valence-electron chi connectivity index (χ1n) is 10.9. The van der Waals surface area contributed by atoms with Crippen LogP contribution in [0.4, 0.5) is 13.2 Å². The molecule has 1 aliphatic rings. The molecule has 0 radical (unpaired) electrons. The third-order valence-electron chi connectivity index (χ3n) is 5.30. The number of alkyl halides is 3. The van der Waals surface area contributed by atoms with E-state index in [0.717, 1.165) is 4.90 Å². The molecule has 1 aliphatic heterocycles. The van der Waals surface area contributed by atoms with Gasteiger partial charge >= 0.3 is 18.1 Å². The minimum atomic E-state index is -4.66. The fourth-order valence-electron chi connectivity index (χ4n) is 3.77. The lowest BCUT2D eigenvalue weighted by Gasteiger charge is -2.34. The van der Waals surface area contributed by atoms with E-state index in [-0.39, 0.29) is 30.9 Å². The van der Waals surface area contributed by atoms with Gasteiger partial charge in [0.15, 0.2) is 0 Å². The summed E-state index contributed by atoms with van der Waals surface area (Å²) in [5.41, 5.74) is -0.495. The van der Waals surface area contributed by atoms with E-state index >= 15 is 0 Å². The van der Waals surface area contributed by atoms with Gasteiger partial charge in [-0.15, -0.1) is 16.9 Å². The number of aromatic amines is 1. The molecule has 0 bridgehead atoms. The molecule has 0 unspecified atom stereocenters. The number of ether oxygens (including phenoxy) is 4. The van der Waals surface area contributed by atoms with Gasteiger partial charge < -0.3 is 18.9 Å². The fourth-order valence-corrected chi connectivity index (χ4v) is 4.18. The number of esters is 2. The van der Waals surface area contributed by atoms with Gasteiger partial charge in [-0.2, -0.15) is 13.2 Å². The molecule has 8 nitrogen and oxygen atoms in total. The minimum absolute atomic E-state index is 0.0642. The third-order valence-corrected chi connectivity index (χ3v) is 6.04. The summed E-state index contributed by atoms with van der Waals surface area (Å²) in [6, 6.07) is 7.16. The number of halogens is 3. The van der Waals surface area contributed by atoms with E-state index in [1.54, 1.807) is 12.1 Å². The summed E-state index contributed by atoms with van der Waals surface area (Å²) >= 11 is 1.53. The van der Waals surface area contributed by atoms with Crippen molar-refractivity contribution in [2.45, 2.75) is 69.1 Å². The van der Waals surface area contributed by atoms with Gasteiger partial charge in [-0.3, -0.25) is 14.7 Å². The fraction of sp³-hybridized carbons (Fsp3) is 0.522. The monoisotopic (exact) mass is 516 g/mol. The summed E-state index contributed by atoms with van der Waals surface area (Å²) in [6.07, 6.45) is -4.15. The Kier molecular flexibility index (Phi) is 9.06. The Morgan fingerprint density at radius 3 is 2.49 bits per heavy atom. The first-order valence-corrected chi connectivity index (χ1v) is 12.2. The van der Waals surface area contributed by atoms with E-state index in [4.69, 9.17) is 18.9 Å². The Labute approximate surface area is 204 Å². The van der Waals surface area contributed by atoms with Gasteiger partial charge in [0, 0.05) is 44.4 Å². The normalized spacial score (nSPS) is 20.3. The largest absolute Gasteiger partial charge is 0.466 e. The summed E-state index contributed by atoms with van der Waals surface area (Å²) in [6.45, 7) is 2.63. The van der Waals surface area contributed by atoms with Crippen LogP contribution >= 0.6 is 11.8 Å². The van der Waals surface area contributed by atoms with Crippen LogP contribution in [0.5, 0.6) is 5.88 Å². The van der Waals surface area contributed by atoms with Crippen LogP contribution in [0, 0.1) is 0 Å². The van der Waals surface area contributed by atoms with Gasteiger partial charge in [0.1, 0.15) is 11.8 Å². The minimum Gasteiger partial charge on any atom is -0.466 e. The molecular formula is C23H27F3N2O6S. The summed E-state index contributed by atoms with van der Waals surface area (Å²) in [4.78, 5) is 23.5. The van der Waals surface area contributed by atoms with Gasteiger partial charge in [0.05, 0.1) is 18.3 Å². The molecule has 192 valence electrons. The molecule has 2 heterocycles. The molecule has 1 N–H and O–H groups in total. The van der Waals surface area contributed by atoms with Crippen LogP contribution in [0.25, 0.3) is 0 Å². The molecule has 0 spiro atoms. The zero-order valence-electron chi connectivity index (χ0n) is 19.5. The topological polar surface area (TPSA) is 99.7 Å². The van der Waals surface area contributed by atoms with Crippen LogP contribution in [0.2, 0.25) is 0 Å². The van der Waals surface area contributed by atoms with Crippen LogP contribution in [-0.4, -0.2) is 53.5 Å². The van der Waals surface area contributed by atoms with Crippen LogP contribution in [0.1, 0.15) is 49.9 Å². The van der Waals surface area contributed by atoms with Crippen molar-refractivity contribution in [2.24, 2.45) is 0 Å². The third kappa shape index (κ3) is 7.89. The number of benzene rings is 1. The van der Waals surface area contributed by atoms with E-state index < -0.39 is 42.3 Å². The maximum absolute atomic E-state index is 13.7. The number of aromatic nitrogens is 2. The number of hydrogen-bond acceptors (Lipinski definition) is 8. The number of hydrogen-bond donors (Lipinski definition) is 1. The van der Waals surface area contributed by atoms with Crippen molar-refractivity contribution in [3.05, 3.63) is 41.1 Å². The Hall–Kier alpha value is -2.73. The van der Waals surface area contributed by atoms with Crippen LogP contribution < -0.4 is 4.74 Å². The second-order valence-corrected chi connectivity index (χ2v) is 8.92. The predicted molar refractivity (Wildman–Crippen MR) is 120 cm³/mol. The lowest BCUT2D eigenvalue weighted by Crippen LogP contribution is -2.41. The average molecular weight is 517 g/mol. The molecule has 0 saturated carbocycles. The molecule has 1 saturated heterocycles. The smallest absolute Gasteiger partial charge is 0.433 e. The predicted octanol–water partition coefficient (Wildman–Crippen LogP) is 4.51. The van der Waals surface area contributed by atoms with Crippen molar-refractivity contribution in [1.29, 1.82) is 0 Å². The highest BCUT2D eigenvalue weighted by atomic mass is 32.2. The molecule has 3 rings (SSSR count). The quantitative estimate of drug-likeness (QED) is 0.384. The Bertz CT molecular complexity index is 1010. The number of rotatable bonds is 9. The van der Waals surface area contributed by atoms with Crippen LogP contribution in [-0.2, 0) is 36.4 Å². The molecule has 0 amide bonds. The van der Waals surface area contributed by atoms with Crippen molar-refractivity contribution in [3.63, 3.8) is 0 Å². The highest BCUT2D eigenvalue weighted by molar-refractivity contribution is 7.98. The zero-order chi connectivity index (χ0) is 25.6. The number of thioether (sulfide) groups is 1. The molecule has 1 aromatic carbocycles. The van der Waals surface area contributed by atoms with E-state index in [1.165, 1.54) is 25.6 Å². The Morgan fingerprint density at radius 1 is 1.17 bits per heavy atom. The number of nitrogens with zero attached hydrogens (tertiary/aromatic N) is 1. The van der Waals surface area contributed by atoms with Crippen molar-refractivity contribution in [1.82, 2.24) is 10.2 Å². The molecule has 35 heavy (non-hydrogen) atoms. The highest BCUT2D eigenvalue weighted by Gasteiger charge is 2.39. The van der Waals surface area contributed by atoms with E-state index in [0.29, 0.717) is 18.4 Å². The molecular weight excluding hydrogens is 489 g/mol. The standard InChI is InChI=1S/C23H27F3N2O6S/c1-13(29)31-9-8-16-11-17(32-14(2)30)12-20(33-16)34-22-19(21(27-28-22)23(24,25)26)10-15-4-6-18(35-3)7-5-15/h4-7,16-17,20H,8-12H2,1-3H3,(H,27,28)/t16-,17+,20+/m1/s1. The van der Waals surface area contributed by atoms with Gasteiger partial charge in [0.2, 0.25) is 12.2 Å². The van der Waals surface area contributed by atoms with Gasteiger partial charge in [-0.25, -0.2) is 0 Å². The summed E-state index contributed by atoms with van der Waals surface area (Å²) in [7, 11) is 0. The molecule has 0 aliphatic carbocycles. The maximum atomic E-state index is 13.7. The molecule has 1 aromatic heterocycles. The van der Waals surface area contributed by atoms with Crippen LogP contribution in [0.3, 0.4) is 0 Å². The number of carbonyl (C=O) groups is 2. The highest BCUT2D eigenvalue weighted by Crippen LogP contribution is 2.37. The lowest BCUT2D eigenvalue weighted by molar-refractivity contribution is -0.193. The Morgan fingerprint density at radius 2 is 1.89 bits per heavy atom. The Balaban J connectivity index is 1.80. The first kappa shape index (κ1) is 26.9. The second kappa shape index (κ2) is 11.8. The zero-order valence-corrected chi connectivity index (χ0v) is 20.3. The first-order chi connectivity index (χ1) is 16.5. The SMILES string of the molecule is CSc1ccc(Cc2c(O[C@H]3C[C@@H](OC(C)=O)C[C@@H](CCOC(C)=O)O3)n[nH]c2C(F)(F)F)cc1. The van der Waals surface area contributed by atoms with E-state index in [9.17, 15) is 22.8 Å². The lowest BCUT2D eigenvalue weighted by atomic mass is 10.0. The summed E-state index contributed by atoms with van der Waals surface area (Å²) < 4.78 is 62.9.